The van der Waals surface area contributed by atoms with Gasteiger partial charge in [-0.15, -0.1) is 0 Å². The molecule has 0 unspecified atom stereocenters. The van der Waals surface area contributed by atoms with Crippen LogP contribution in [0.3, 0.4) is 0 Å². The normalized spacial score (nSPS) is 10.9. The zero-order valence-corrected chi connectivity index (χ0v) is 16.8. The number of aryl methyl sites for hydroxylation is 1. The first-order valence-electron chi connectivity index (χ1n) is 9.63. The molecule has 3 rings (SSSR count). The van der Waals surface area contributed by atoms with Gasteiger partial charge < -0.3 is 4.74 Å². The Morgan fingerprint density at radius 2 is 1.89 bits per heavy atom. The Bertz CT molecular complexity index is 887. The zero-order valence-electron chi connectivity index (χ0n) is 16.0. The standard InChI is InChI=1S/C22H26N2O2S/c1-3-5-6-7-14-26-18-11-9-17(10-12-18)21(25)24-22-23-19-13-8-16(4-2)15-20(19)27-22/h8-13,15H,3-7,14H2,1-2H3,(H,23,24,25). The highest BCUT2D eigenvalue weighted by molar-refractivity contribution is 7.22. The first-order chi connectivity index (χ1) is 13.2. The molecule has 0 saturated carbocycles. The molecule has 0 atom stereocenters. The summed E-state index contributed by atoms with van der Waals surface area (Å²) in [5.74, 6) is 0.648. The summed E-state index contributed by atoms with van der Waals surface area (Å²) >= 11 is 1.50. The number of amides is 1. The summed E-state index contributed by atoms with van der Waals surface area (Å²) in [5.41, 5.74) is 2.79. The maximum Gasteiger partial charge on any atom is 0.257 e. The lowest BCUT2D eigenvalue weighted by atomic mass is 10.2. The molecule has 2 aromatic carbocycles. The van der Waals surface area contributed by atoms with Gasteiger partial charge in [0.05, 0.1) is 16.8 Å². The third-order valence-corrected chi connectivity index (χ3v) is 5.40. The number of rotatable bonds is 9. The maximum atomic E-state index is 12.5. The van der Waals surface area contributed by atoms with Crippen LogP contribution in [-0.2, 0) is 6.42 Å². The number of benzene rings is 2. The van der Waals surface area contributed by atoms with Crippen LogP contribution in [-0.4, -0.2) is 17.5 Å². The Balaban J connectivity index is 1.57. The summed E-state index contributed by atoms with van der Waals surface area (Å²) in [6.07, 6.45) is 5.71. The molecule has 27 heavy (non-hydrogen) atoms. The lowest BCUT2D eigenvalue weighted by molar-refractivity contribution is 0.102. The third kappa shape index (κ3) is 5.30. The number of thiazole rings is 1. The van der Waals surface area contributed by atoms with E-state index in [9.17, 15) is 4.79 Å². The van der Waals surface area contributed by atoms with Crippen LogP contribution in [0.1, 0.15) is 55.5 Å². The van der Waals surface area contributed by atoms with Gasteiger partial charge in [-0.05, 0) is 54.8 Å². The summed E-state index contributed by atoms with van der Waals surface area (Å²) in [5, 5.41) is 3.52. The summed E-state index contributed by atoms with van der Waals surface area (Å²) < 4.78 is 6.82. The number of carbonyl (C=O) groups is 1. The first kappa shape index (κ1) is 19.4. The fourth-order valence-electron chi connectivity index (χ4n) is 2.83. The maximum absolute atomic E-state index is 12.5. The Labute approximate surface area is 164 Å². The molecule has 1 amide bonds. The van der Waals surface area contributed by atoms with Gasteiger partial charge in [-0.3, -0.25) is 10.1 Å². The van der Waals surface area contributed by atoms with Crippen molar-refractivity contribution in [3.63, 3.8) is 0 Å². The minimum Gasteiger partial charge on any atom is -0.494 e. The fraction of sp³-hybridized carbons (Fsp3) is 0.364. The van der Waals surface area contributed by atoms with Gasteiger partial charge in [0.15, 0.2) is 5.13 Å². The number of fused-ring (bicyclic) bond motifs is 1. The molecule has 0 fully saturated rings. The number of nitrogens with one attached hydrogen (secondary N) is 1. The molecular weight excluding hydrogens is 356 g/mol. The van der Waals surface area contributed by atoms with Crippen LogP contribution in [0.4, 0.5) is 5.13 Å². The van der Waals surface area contributed by atoms with E-state index in [0.29, 0.717) is 10.7 Å². The van der Waals surface area contributed by atoms with Crippen LogP contribution in [0, 0.1) is 0 Å². The Morgan fingerprint density at radius 3 is 2.63 bits per heavy atom. The Kier molecular flexibility index (Phi) is 6.82. The van der Waals surface area contributed by atoms with Crippen LogP contribution >= 0.6 is 11.3 Å². The second kappa shape index (κ2) is 9.51. The number of aromatic nitrogens is 1. The van der Waals surface area contributed by atoms with Gasteiger partial charge in [0.2, 0.25) is 0 Å². The topological polar surface area (TPSA) is 51.2 Å². The van der Waals surface area contributed by atoms with E-state index in [-0.39, 0.29) is 5.91 Å². The quantitative estimate of drug-likeness (QED) is 0.457. The molecule has 1 heterocycles. The van der Waals surface area contributed by atoms with Crippen molar-refractivity contribution < 1.29 is 9.53 Å². The summed E-state index contributed by atoms with van der Waals surface area (Å²) in [7, 11) is 0. The number of hydrogen-bond acceptors (Lipinski definition) is 4. The predicted octanol–water partition coefficient (Wildman–Crippen LogP) is 6.07. The van der Waals surface area contributed by atoms with Crippen LogP contribution in [0.5, 0.6) is 5.75 Å². The van der Waals surface area contributed by atoms with Gasteiger partial charge in [-0.1, -0.05) is 50.5 Å². The second-order valence-corrected chi connectivity index (χ2v) is 7.59. The average molecular weight is 383 g/mol. The highest BCUT2D eigenvalue weighted by atomic mass is 32.1. The highest BCUT2D eigenvalue weighted by Gasteiger charge is 2.10. The van der Waals surface area contributed by atoms with Gasteiger partial charge in [0.25, 0.3) is 5.91 Å². The summed E-state index contributed by atoms with van der Waals surface area (Å²) in [6.45, 7) is 5.04. The second-order valence-electron chi connectivity index (χ2n) is 6.56. The molecule has 0 aliphatic rings. The molecule has 0 bridgehead atoms. The largest absolute Gasteiger partial charge is 0.494 e. The lowest BCUT2D eigenvalue weighted by Gasteiger charge is -2.07. The van der Waals surface area contributed by atoms with Gasteiger partial charge in [-0.25, -0.2) is 4.98 Å². The van der Waals surface area contributed by atoms with E-state index in [1.807, 2.05) is 18.2 Å². The monoisotopic (exact) mass is 382 g/mol. The molecule has 3 aromatic rings. The Hall–Kier alpha value is -2.40. The SMILES string of the molecule is CCCCCCOc1ccc(C(=O)Nc2nc3ccc(CC)cc3s2)cc1. The molecule has 0 aliphatic carbocycles. The fourth-order valence-corrected chi connectivity index (χ4v) is 3.76. The van der Waals surface area contributed by atoms with E-state index >= 15 is 0 Å². The minimum atomic E-state index is -0.153. The summed E-state index contributed by atoms with van der Waals surface area (Å²) in [4.78, 5) is 17.0. The molecule has 4 nitrogen and oxygen atoms in total. The molecule has 0 aliphatic heterocycles. The smallest absolute Gasteiger partial charge is 0.257 e. The van der Waals surface area contributed by atoms with Crippen molar-refractivity contribution in [1.82, 2.24) is 4.98 Å². The number of carbonyl (C=O) groups excluding carboxylic acids is 1. The number of hydrogen-bond donors (Lipinski definition) is 1. The van der Waals surface area contributed by atoms with E-state index in [4.69, 9.17) is 4.74 Å². The van der Waals surface area contributed by atoms with Crippen LogP contribution < -0.4 is 10.1 Å². The predicted molar refractivity (Wildman–Crippen MR) is 113 cm³/mol. The van der Waals surface area contributed by atoms with Crippen molar-refractivity contribution in [2.24, 2.45) is 0 Å². The molecule has 1 N–H and O–H groups in total. The zero-order chi connectivity index (χ0) is 19.1. The number of nitrogens with zero attached hydrogens (tertiary/aromatic N) is 1. The molecular formula is C22H26N2O2S. The minimum absolute atomic E-state index is 0.153. The summed E-state index contributed by atoms with van der Waals surface area (Å²) in [6, 6.07) is 13.5. The third-order valence-electron chi connectivity index (χ3n) is 4.46. The van der Waals surface area contributed by atoms with Crippen LogP contribution in [0.25, 0.3) is 10.2 Å². The molecule has 5 heteroatoms. The lowest BCUT2D eigenvalue weighted by Crippen LogP contribution is -2.11. The van der Waals surface area contributed by atoms with Crippen molar-refractivity contribution in [1.29, 1.82) is 0 Å². The molecule has 0 saturated heterocycles. The van der Waals surface area contributed by atoms with Gasteiger partial charge in [0, 0.05) is 5.56 Å². The van der Waals surface area contributed by atoms with Gasteiger partial charge in [0.1, 0.15) is 5.75 Å². The van der Waals surface area contributed by atoms with E-state index in [0.717, 1.165) is 35.4 Å². The Morgan fingerprint density at radius 1 is 1.07 bits per heavy atom. The van der Waals surface area contributed by atoms with Gasteiger partial charge >= 0.3 is 0 Å². The molecule has 1 aromatic heterocycles. The van der Waals surface area contributed by atoms with E-state index in [2.05, 4.69) is 36.3 Å². The average Bonchev–Trinajstić information content (AvgIpc) is 3.09. The van der Waals surface area contributed by atoms with Crippen molar-refractivity contribution in [2.75, 3.05) is 11.9 Å². The molecule has 142 valence electrons. The van der Waals surface area contributed by atoms with E-state index in [1.165, 1.54) is 36.2 Å². The van der Waals surface area contributed by atoms with Crippen molar-refractivity contribution in [3.8, 4) is 5.75 Å². The van der Waals surface area contributed by atoms with Crippen LogP contribution in [0.15, 0.2) is 42.5 Å². The number of anilines is 1. The highest BCUT2D eigenvalue weighted by Crippen LogP contribution is 2.27. The van der Waals surface area contributed by atoms with Crippen molar-refractivity contribution in [2.45, 2.75) is 46.0 Å². The van der Waals surface area contributed by atoms with E-state index in [1.54, 1.807) is 12.1 Å². The number of unbranched alkanes of at least 4 members (excludes halogenated alkanes) is 3. The van der Waals surface area contributed by atoms with Crippen molar-refractivity contribution >= 4 is 32.6 Å². The van der Waals surface area contributed by atoms with Crippen molar-refractivity contribution in [3.05, 3.63) is 53.6 Å². The van der Waals surface area contributed by atoms with Crippen LogP contribution in [0.2, 0.25) is 0 Å². The van der Waals surface area contributed by atoms with Gasteiger partial charge in [-0.2, -0.15) is 0 Å². The number of ether oxygens (including phenoxy) is 1. The van der Waals surface area contributed by atoms with E-state index < -0.39 is 0 Å². The first-order valence-corrected chi connectivity index (χ1v) is 10.4. The molecule has 0 radical (unpaired) electrons. The molecule has 0 spiro atoms.